The molecule has 0 bridgehead atoms. The summed E-state index contributed by atoms with van der Waals surface area (Å²) in [6.45, 7) is 2.59. The van der Waals surface area contributed by atoms with Crippen LogP contribution >= 0.6 is 0 Å². The molecule has 0 aliphatic carbocycles. The number of hydrogen-bond donors (Lipinski definition) is 2. The molecule has 0 atom stereocenters. The van der Waals surface area contributed by atoms with Crippen molar-refractivity contribution in [2.75, 3.05) is 18.4 Å². The smallest absolute Gasteiger partial charge is 0.418 e. The normalized spacial score (nSPS) is 11.4. The van der Waals surface area contributed by atoms with Crippen LogP contribution in [0.2, 0.25) is 0 Å². The summed E-state index contributed by atoms with van der Waals surface area (Å²) in [6, 6.07) is 11.0. The second-order valence-corrected chi connectivity index (χ2v) is 5.90. The maximum Gasteiger partial charge on any atom is 0.418 e. The highest BCUT2D eigenvalue weighted by atomic mass is 19.4. The second kappa shape index (κ2) is 8.68. The topological polar surface area (TPSA) is 69.6 Å². The second-order valence-electron chi connectivity index (χ2n) is 5.90. The molecule has 144 valence electrons. The molecule has 8 heteroatoms. The zero-order valence-corrected chi connectivity index (χ0v) is 14.6. The van der Waals surface area contributed by atoms with E-state index in [0.717, 1.165) is 11.6 Å². The number of anilines is 1. The van der Waals surface area contributed by atoms with Gasteiger partial charge in [0.15, 0.2) is 0 Å². The zero-order valence-electron chi connectivity index (χ0n) is 14.6. The lowest BCUT2D eigenvalue weighted by molar-refractivity contribution is -0.137. The first-order valence-corrected chi connectivity index (χ1v) is 8.21. The van der Waals surface area contributed by atoms with Crippen LogP contribution in [0, 0.1) is 0 Å². The lowest BCUT2D eigenvalue weighted by Gasteiger charge is -2.21. The minimum Gasteiger partial charge on any atom is -0.478 e. The number of carboxylic acid groups (broad SMARTS) is 1. The van der Waals surface area contributed by atoms with Gasteiger partial charge < -0.3 is 10.4 Å². The summed E-state index contributed by atoms with van der Waals surface area (Å²) < 4.78 is 39.0. The minimum atomic E-state index is -4.56. The Morgan fingerprint density at radius 2 is 1.70 bits per heavy atom. The van der Waals surface area contributed by atoms with E-state index in [9.17, 15) is 22.8 Å². The number of rotatable bonds is 7. The Kier molecular flexibility index (Phi) is 6.57. The maximum atomic E-state index is 13.0. The number of para-hydroxylation sites is 1. The van der Waals surface area contributed by atoms with Crippen LogP contribution in [0.3, 0.4) is 0 Å². The first-order chi connectivity index (χ1) is 12.7. The Bertz CT molecular complexity index is 805. The first-order valence-electron chi connectivity index (χ1n) is 8.21. The molecule has 5 nitrogen and oxygen atoms in total. The molecule has 0 spiro atoms. The van der Waals surface area contributed by atoms with Crippen LogP contribution in [-0.2, 0) is 17.5 Å². The lowest BCUT2D eigenvalue weighted by Crippen LogP contribution is -2.33. The Hall–Kier alpha value is -2.87. The number of carboxylic acids is 1. The number of alkyl halides is 3. The van der Waals surface area contributed by atoms with E-state index in [1.807, 2.05) is 6.92 Å². The number of aromatic carboxylic acids is 1. The van der Waals surface area contributed by atoms with E-state index in [-0.39, 0.29) is 17.8 Å². The predicted molar refractivity (Wildman–Crippen MR) is 94.4 cm³/mol. The third kappa shape index (κ3) is 5.82. The lowest BCUT2D eigenvalue weighted by atomic mass is 10.1. The van der Waals surface area contributed by atoms with Gasteiger partial charge in [-0.25, -0.2) is 4.79 Å². The highest BCUT2D eigenvalue weighted by Gasteiger charge is 2.33. The summed E-state index contributed by atoms with van der Waals surface area (Å²) in [6.07, 6.45) is -4.56. The van der Waals surface area contributed by atoms with E-state index in [1.54, 1.807) is 17.0 Å². The van der Waals surface area contributed by atoms with Crippen molar-refractivity contribution in [1.29, 1.82) is 0 Å². The van der Waals surface area contributed by atoms with E-state index in [2.05, 4.69) is 5.32 Å². The molecule has 0 aromatic heterocycles. The predicted octanol–water partition coefficient (Wildman–Crippen LogP) is 3.86. The van der Waals surface area contributed by atoms with E-state index in [1.165, 1.54) is 30.3 Å². The van der Waals surface area contributed by atoms with Crippen molar-refractivity contribution in [3.8, 4) is 0 Å². The van der Waals surface area contributed by atoms with Crippen molar-refractivity contribution in [3.05, 3.63) is 65.2 Å². The van der Waals surface area contributed by atoms with Crippen LogP contribution in [-0.4, -0.2) is 35.0 Å². The van der Waals surface area contributed by atoms with E-state index >= 15 is 0 Å². The Balaban J connectivity index is 2.02. The summed E-state index contributed by atoms with van der Waals surface area (Å²) in [7, 11) is 0. The van der Waals surface area contributed by atoms with Crippen molar-refractivity contribution < 1.29 is 27.9 Å². The van der Waals surface area contributed by atoms with Gasteiger partial charge in [0.25, 0.3) is 0 Å². The van der Waals surface area contributed by atoms with Crippen LogP contribution in [0.4, 0.5) is 18.9 Å². The summed E-state index contributed by atoms with van der Waals surface area (Å²) >= 11 is 0. The van der Waals surface area contributed by atoms with Gasteiger partial charge in [0, 0.05) is 6.54 Å². The average molecular weight is 380 g/mol. The number of benzene rings is 2. The summed E-state index contributed by atoms with van der Waals surface area (Å²) in [4.78, 5) is 24.8. The van der Waals surface area contributed by atoms with Gasteiger partial charge in [-0.3, -0.25) is 9.69 Å². The molecular weight excluding hydrogens is 361 g/mol. The number of likely N-dealkylation sites (N-methyl/N-ethyl adjacent to an activating group) is 1. The van der Waals surface area contributed by atoms with Crippen molar-refractivity contribution in [3.63, 3.8) is 0 Å². The molecule has 0 aliphatic rings. The zero-order chi connectivity index (χ0) is 20.0. The van der Waals surface area contributed by atoms with Crippen LogP contribution < -0.4 is 5.32 Å². The number of nitrogens with one attached hydrogen (secondary N) is 1. The Morgan fingerprint density at radius 1 is 1.07 bits per heavy atom. The standard InChI is InChI=1S/C19H19F3N2O3/c1-2-24(11-13-7-9-14(10-8-13)18(26)27)12-17(25)23-16-6-4-3-5-15(16)19(20,21)22/h3-10H,2,11-12H2,1H3,(H,23,25)(H,26,27). The van der Waals surface area contributed by atoms with Gasteiger partial charge in [-0.05, 0) is 36.4 Å². The molecule has 0 saturated heterocycles. The fourth-order valence-electron chi connectivity index (χ4n) is 2.52. The number of amides is 1. The van der Waals surface area contributed by atoms with Gasteiger partial charge in [-0.15, -0.1) is 0 Å². The van der Waals surface area contributed by atoms with Crippen LogP contribution in [0.1, 0.15) is 28.4 Å². The summed E-state index contributed by atoms with van der Waals surface area (Å²) in [5.41, 5.74) is -0.226. The average Bonchev–Trinajstić information content (AvgIpc) is 2.61. The third-order valence-electron chi connectivity index (χ3n) is 3.93. The molecule has 0 heterocycles. The minimum absolute atomic E-state index is 0.0939. The van der Waals surface area contributed by atoms with Gasteiger partial charge in [-0.2, -0.15) is 13.2 Å². The van der Waals surface area contributed by atoms with Crippen molar-refractivity contribution >= 4 is 17.6 Å². The molecule has 0 fully saturated rings. The molecule has 0 radical (unpaired) electrons. The highest BCUT2D eigenvalue weighted by Crippen LogP contribution is 2.34. The van der Waals surface area contributed by atoms with E-state index < -0.39 is 23.6 Å². The quantitative estimate of drug-likeness (QED) is 0.765. The molecule has 2 rings (SSSR count). The summed E-state index contributed by atoms with van der Waals surface area (Å²) in [5, 5.41) is 11.2. The molecule has 0 saturated carbocycles. The SMILES string of the molecule is CCN(CC(=O)Nc1ccccc1C(F)(F)F)Cc1ccc(C(=O)O)cc1. The van der Waals surface area contributed by atoms with Crippen molar-refractivity contribution in [2.45, 2.75) is 19.6 Å². The first kappa shape index (κ1) is 20.4. The number of halogens is 3. The number of nitrogens with zero attached hydrogens (tertiary/aromatic N) is 1. The van der Waals surface area contributed by atoms with Gasteiger partial charge in [0.2, 0.25) is 5.91 Å². The van der Waals surface area contributed by atoms with Gasteiger partial charge >= 0.3 is 12.1 Å². The third-order valence-corrected chi connectivity index (χ3v) is 3.93. The fourth-order valence-corrected chi connectivity index (χ4v) is 2.52. The van der Waals surface area contributed by atoms with Gasteiger partial charge in [0.1, 0.15) is 0 Å². The van der Waals surface area contributed by atoms with Gasteiger partial charge in [-0.1, -0.05) is 31.2 Å². The fraction of sp³-hybridized carbons (Fsp3) is 0.263. The van der Waals surface area contributed by atoms with Crippen LogP contribution in [0.25, 0.3) is 0 Å². The molecular formula is C19H19F3N2O3. The molecule has 2 N–H and O–H groups in total. The number of hydrogen-bond acceptors (Lipinski definition) is 3. The summed E-state index contributed by atoms with van der Waals surface area (Å²) in [5.74, 6) is -1.59. The Labute approximate surface area is 154 Å². The Morgan fingerprint density at radius 3 is 2.26 bits per heavy atom. The molecule has 0 aliphatic heterocycles. The van der Waals surface area contributed by atoms with Crippen LogP contribution in [0.5, 0.6) is 0 Å². The number of carbonyl (C=O) groups excluding carboxylic acids is 1. The monoisotopic (exact) mass is 380 g/mol. The largest absolute Gasteiger partial charge is 0.478 e. The maximum absolute atomic E-state index is 13.0. The molecule has 1 amide bonds. The van der Waals surface area contributed by atoms with Crippen molar-refractivity contribution in [1.82, 2.24) is 4.90 Å². The number of carbonyl (C=O) groups is 2. The van der Waals surface area contributed by atoms with Gasteiger partial charge in [0.05, 0.1) is 23.4 Å². The van der Waals surface area contributed by atoms with Crippen LogP contribution in [0.15, 0.2) is 48.5 Å². The van der Waals surface area contributed by atoms with Crippen molar-refractivity contribution in [2.24, 2.45) is 0 Å². The highest BCUT2D eigenvalue weighted by molar-refractivity contribution is 5.93. The molecule has 2 aromatic rings. The van der Waals surface area contributed by atoms with E-state index in [4.69, 9.17) is 5.11 Å². The molecule has 27 heavy (non-hydrogen) atoms. The molecule has 2 aromatic carbocycles. The van der Waals surface area contributed by atoms with E-state index in [0.29, 0.717) is 13.1 Å². The molecule has 0 unspecified atom stereocenters.